The van der Waals surface area contributed by atoms with Crippen LogP contribution in [0.25, 0.3) is 0 Å². The SMILES string of the molecule is CC1CC(C)CN(/C=C(/C#N)C(=O)NC2CCCCCCCCCCC2)C1. The van der Waals surface area contributed by atoms with Gasteiger partial charge in [-0.3, -0.25) is 4.79 Å². The monoisotopic (exact) mass is 373 g/mol. The summed E-state index contributed by atoms with van der Waals surface area (Å²) < 4.78 is 0. The molecule has 1 aliphatic heterocycles. The topological polar surface area (TPSA) is 56.1 Å². The molecule has 1 saturated heterocycles. The van der Waals surface area contributed by atoms with Crippen LogP contribution in [0.3, 0.4) is 0 Å². The predicted octanol–water partition coefficient (Wildman–Crippen LogP) is 5.16. The largest absolute Gasteiger partial charge is 0.376 e. The van der Waals surface area contributed by atoms with Gasteiger partial charge in [-0.15, -0.1) is 0 Å². The molecule has 0 radical (unpaired) electrons. The van der Waals surface area contributed by atoms with E-state index in [4.69, 9.17) is 0 Å². The third-order valence-corrected chi connectivity index (χ3v) is 6.01. The van der Waals surface area contributed by atoms with E-state index in [2.05, 4.69) is 30.1 Å². The molecule has 0 aromatic heterocycles. The van der Waals surface area contributed by atoms with Crippen molar-refractivity contribution in [3.05, 3.63) is 11.8 Å². The van der Waals surface area contributed by atoms with Crippen LogP contribution in [0.2, 0.25) is 0 Å². The van der Waals surface area contributed by atoms with E-state index in [1.807, 2.05) is 0 Å². The number of carbonyl (C=O) groups is 1. The van der Waals surface area contributed by atoms with Crippen LogP contribution in [0.1, 0.15) is 90.9 Å². The van der Waals surface area contributed by atoms with Gasteiger partial charge in [0.1, 0.15) is 11.6 Å². The fourth-order valence-corrected chi connectivity index (χ4v) is 4.71. The molecule has 1 saturated carbocycles. The lowest BCUT2D eigenvalue weighted by Crippen LogP contribution is -2.38. The molecule has 1 amide bonds. The van der Waals surface area contributed by atoms with E-state index >= 15 is 0 Å². The molecule has 1 N–H and O–H groups in total. The lowest BCUT2D eigenvalue weighted by atomic mass is 9.92. The van der Waals surface area contributed by atoms with Crippen molar-refractivity contribution in [3.8, 4) is 6.07 Å². The lowest BCUT2D eigenvalue weighted by Gasteiger charge is -2.34. The Hall–Kier alpha value is -1.50. The molecule has 4 heteroatoms. The molecule has 152 valence electrons. The van der Waals surface area contributed by atoms with Gasteiger partial charge in [-0.1, -0.05) is 71.6 Å². The van der Waals surface area contributed by atoms with Crippen molar-refractivity contribution in [2.24, 2.45) is 11.8 Å². The fourth-order valence-electron chi connectivity index (χ4n) is 4.71. The summed E-state index contributed by atoms with van der Waals surface area (Å²) in [5.41, 5.74) is 0.266. The summed E-state index contributed by atoms with van der Waals surface area (Å²) in [5.74, 6) is 1.04. The van der Waals surface area contributed by atoms with Crippen molar-refractivity contribution >= 4 is 5.91 Å². The van der Waals surface area contributed by atoms with Gasteiger partial charge < -0.3 is 10.2 Å². The molecule has 4 nitrogen and oxygen atoms in total. The number of piperidine rings is 1. The summed E-state index contributed by atoms with van der Waals surface area (Å²) in [5, 5.41) is 12.7. The Bertz CT molecular complexity index is 500. The van der Waals surface area contributed by atoms with Crippen LogP contribution in [-0.4, -0.2) is 29.9 Å². The molecule has 0 aromatic carbocycles. The van der Waals surface area contributed by atoms with E-state index in [-0.39, 0.29) is 17.5 Å². The van der Waals surface area contributed by atoms with Crippen LogP contribution in [0.5, 0.6) is 0 Å². The fraction of sp³-hybridized carbons (Fsp3) is 0.826. The van der Waals surface area contributed by atoms with Crippen molar-refractivity contribution in [3.63, 3.8) is 0 Å². The number of amides is 1. The molecule has 0 bridgehead atoms. The maximum absolute atomic E-state index is 12.7. The summed E-state index contributed by atoms with van der Waals surface area (Å²) in [6, 6.07) is 2.36. The number of hydrogen-bond acceptors (Lipinski definition) is 3. The maximum Gasteiger partial charge on any atom is 0.263 e. The molecule has 27 heavy (non-hydrogen) atoms. The summed E-state index contributed by atoms with van der Waals surface area (Å²) in [6.07, 6.45) is 16.7. The first-order valence-electron chi connectivity index (χ1n) is 11.2. The van der Waals surface area contributed by atoms with E-state index in [9.17, 15) is 10.1 Å². The van der Waals surface area contributed by atoms with Gasteiger partial charge in [-0.05, 0) is 31.1 Å². The number of rotatable bonds is 3. The second-order valence-corrected chi connectivity index (χ2v) is 8.98. The highest BCUT2D eigenvalue weighted by molar-refractivity contribution is 5.97. The number of nitrogens with one attached hydrogen (secondary N) is 1. The molecule has 1 heterocycles. The zero-order valence-electron chi connectivity index (χ0n) is 17.5. The van der Waals surface area contributed by atoms with Gasteiger partial charge in [0.15, 0.2) is 0 Å². The van der Waals surface area contributed by atoms with Crippen LogP contribution < -0.4 is 5.32 Å². The van der Waals surface area contributed by atoms with Gasteiger partial charge in [-0.2, -0.15) is 5.26 Å². The zero-order chi connectivity index (χ0) is 19.5. The van der Waals surface area contributed by atoms with E-state index < -0.39 is 0 Å². The van der Waals surface area contributed by atoms with Crippen LogP contribution in [0.15, 0.2) is 11.8 Å². The van der Waals surface area contributed by atoms with Gasteiger partial charge in [0, 0.05) is 25.3 Å². The predicted molar refractivity (Wildman–Crippen MR) is 111 cm³/mol. The highest BCUT2D eigenvalue weighted by Gasteiger charge is 2.22. The first-order valence-corrected chi connectivity index (χ1v) is 11.2. The van der Waals surface area contributed by atoms with Crippen molar-refractivity contribution in [1.82, 2.24) is 10.2 Å². The first kappa shape index (κ1) is 21.8. The quantitative estimate of drug-likeness (QED) is 0.549. The normalized spacial score (nSPS) is 27.1. The number of likely N-dealkylation sites (tertiary alicyclic amines) is 1. The summed E-state index contributed by atoms with van der Waals surface area (Å²) >= 11 is 0. The lowest BCUT2D eigenvalue weighted by molar-refractivity contribution is -0.118. The van der Waals surface area contributed by atoms with Gasteiger partial charge >= 0.3 is 0 Å². The van der Waals surface area contributed by atoms with Crippen LogP contribution in [-0.2, 0) is 4.79 Å². The second kappa shape index (κ2) is 12.1. The standard InChI is InChI=1S/C23H39N3O/c1-19-14-20(2)17-26(16-19)18-21(15-24)23(27)25-22-12-10-8-6-4-3-5-7-9-11-13-22/h18-20,22H,3-14,16-17H2,1-2H3,(H,25,27)/b21-18-. The molecular weight excluding hydrogens is 334 g/mol. The average Bonchev–Trinajstić information content (AvgIpc) is 2.61. The molecule has 0 spiro atoms. The molecule has 2 aliphatic rings. The number of carbonyl (C=O) groups excluding carboxylic acids is 1. The van der Waals surface area contributed by atoms with E-state index in [0.717, 1.165) is 25.9 Å². The minimum absolute atomic E-state index is 0.180. The minimum Gasteiger partial charge on any atom is -0.376 e. The molecule has 2 atom stereocenters. The summed E-state index contributed by atoms with van der Waals surface area (Å²) in [7, 11) is 0. The summed E-state index contributed by atoms with van der Waals surface area (Å²) in [6.45, 7) is 6.36. The Labute approximate surface area is 166 Å². The Morgan fingerprint density at radius 3 is 1.89 bits per heavy atom. The van der Waals surface area contributed by atoms with Crippen molar-refractivity contribution < 1.29 is 4.79 Å². The van der Waals surface area contributed by atoms with Crippen molar-refractivity contribution in [2.75, 3.05) is 13.1 Å². The van der Waals surface area contributed by atoms with E-state index in [1.54, 1.807) is 6.20 Å². The van der Waals surface area contributed by atoms with Crippen LogP contribution >= 0.6 is 0 Å². The van der Waals surface area contributed by atoms with Crippen molar-refractivity contribution in [2.45, 2.75) is 96.9 Å². The van der Waals surface area contributed by atoms with E-state index in [1.165, 1.54) is 64.2 Å². The maximum atomic E-state index is 12.7. The van der Waals surface area contributed by atoms with Crippen molar-refractivity contribution in [1.29, 1.82) is 5.26 Å². The van der Waals surface area contributed by atoms with Crippen LogP contribution in [0, 0.1) is 23.2 Å². The zero-order valence-corrected chi connectivity index (χ0v) is 17.5. The third-order valence-electron chi connectivity index (χ3n) is 6.01. The van der Waals surface area contributed by atoms with E-state index in [0.29, 0.717) is 11.8 Å². The Morgan fingerprint density at radius 1 is 0.926 bits per heavy atom. The summed E-state index contributed by atoms with van der Waals surface area (Å²) in [4.78, 5) is 14.9. The van der Waals surface area contributed by atoms with Crippen LogP contribution in [0.4, 0.5) is 0 Å². The third kappa shape index (κ3) is 8.37. The number of nitriles is 1. The van der Waals surface area contributed by atoms with Gasteiger partial charge in [0.2, 0.25) is 0 Å². The molecule has 2 fully saturated rings. The highest BCUT2D eigenvalue weighted by Crippen LogP contribution is 2.22. The molecule has 1 aliphatic carbocycles. The molecular formula is C23H39N3O. The molecule has 2 rings (SSSR count). The number of hydrogen-bond donors (Lipinski definition) is 1. The molecule has 0 aromatic rings. The Morgan fingerprint density at radius 2 is 1.41 bits per heavy atom. The smallest absolute Gasteiger partial charge is 0.263 e. The Balaban J connectivity index is 1.92. The Kier molecular flexibility index (Phi) is 9.73. The van der Waals surface area contributed by atoms with Gasteiger partial charge in [0.05, 0.1) is 0 Å². The van der Waals surface area contributed by atoms with Gasteiger partial charge in [-0.25, -0.2) is 0 Å². The highest BCUT2D eigenvalue weighted by atomic mass is 16.1. The average molecular weight is 374 g/mol. The number of nitrogens with zero attached hydrogens (tertiary/aromatic N) is 2. The second-order valence-electron chi connectivity index (χ2n) is 8.98. The minimum atomic E-state index is -0.180. The first-order chi connectivity index (χ1) is 13.1. The molecule has 2 unspecified atom stereocenters. The van der Waals surface area contributed by atoms with Gasteiger partial charge in [0.25, 0.3) is 5.91 Å².